The van der Waals surface area contributed by atoms with Crippen LogP contribution in [0.3, 0.4) is 0 Å². The van der Waals surface area contributed by atoms with Crippen molar-refractivity contribution in [3.05, 3.63) is 47.0 Å². The predicted octanol–water partition coefficient (Wildman–Crippen LogP) is 2.81. The predicted molar refractivity (Wildman–Crippen MR) is 94.8 cm³/mol. The zero-order valence-electron chi connectivity index (χ0n) is 13.3. The molecule has 0 spiro atoms. The van der Waals surface area contributed by atoms with Crippen LogP contribution in [0.4, 0.5) is 11.4 Å². The molecule has 0 bridgehead atoms. The average Bonchev–Trinajstić information content (AvgIpc) is 2.90. The first-order chi connectivity index (χ1) is 11.9. The summed E-state index contributed by atoms with van der Waals surface area (Å²) in [5.41, 5.74) is 2.02. The third-order valence-electron chi connectivity index (χ3n) is 4.35. The van der Waals surface area contributed by atoms with Crippen molar-refractivity contribution in [1.29, 1.82) is 0 Å². The summed E-state index contributed by atoms with van der Waals surface area (Å²) in [5, 5.41) is 2.66. The minimum absolute atomic E-state index is 0.0346. The number of hydrogen-bond donors (Lipinski definition) is 1. The van der Waals surface area contributed by atoms with Gasteiger partial charge in [-0.2, -0.15) is 0 Å². The molecule has 2 aromatic rings. The van der Waals surface area contributed by atoms with E-state index in [0.717, 1.165) is 5.56 Å². The molecule has 0 saturated carbocycles. The average molecular weight is 379 g/mol. The maximum absolute atomic E-state index is 13.3. The third-order valence-corrected chi connectivity index (χ3v) is 6.74. The highest BCUT2D eigenvalue weighted by Crippen LogP contribution is 2.41. The van der Waals surface area contributed by atoms with Gasteiger partial charge >= 0.3 is 0 Å². The van der Waals surface area contributed by atoms with Crippen LogP contribution in [0.15, 0.2) is 41.3 Å². The summed E-state index contributed by atoms with van der Waals surface area (Å²) in [6.45, 7) is 1.71. The Labute approximate surface area is 150 Å². The van der Waals surface area contributed by atoms with E-state index in [1.807, 2.05) is 25.1 Å². The number of carbonyl (C=O) groups excluding carboxylic acids is 1. The van der Waals surface area contributed by atoms with Gasteiger partial charge in [-0.1, -0.05) is 29.8 Å². The van der Waals surface area contributed by atoms with Gasteiger partial charge in [0.1, 0.15) is 10.6 Å². The van der Waals surface area contributed by atoms with E-state index in [4.69, 9.17) is 16.3 Å². The number of para-hydroxylation sites is 1. The topological polar surface area (TPSA) is 75.7 Å². The number of sulfonamides is 1. The van der Waals surface area contributed by atoms with Crippen molar-refractivity contribution in [1.82, 2.24) is 0 Å². The van der Waals surface area contributed by atoms with Crippen molar-refractivity contribution in [3.63, 3.8) is 0 Å². The molecule has 0 fully saturated rings. The monoisotopic (exact) mass is 378 g/mol. The molecule has 2 heterocycles. The van der Waals surface area contributed by atoms with Crippen LogP contribution in [-0.4, -0.2) is 27.0 Å². The number of ether oxygens (including phenoxy) is 1. The highest BCUT2D eigenvalue weighted by atomic mass is 35.5. The van der Waals surface area contributed by atoms with E-state index in [0.29, 0.717) is 23.5 Å². The largest absolute Gasteiger partial charge is 0.482 e. The van der Waals surface area contributed by atoms with E-state index in [1.54, 1.807) is 6.07 Å². The van der Waals surface area contributed by atoms with Crippen LogP contribution in [0, 0.1) is 0 Å². The molecule has 6 nitrogen and oxygen atoms in total. The molecular formula is C17H15ClN2O4S. The van der Waals surface area contributed by atoms with Crippen LogP contribution in [-0.2, 0) is 21.2 Å². The molecule has 1 amide bonds. The van der Waals surface area contributed by atoms with Gasteiger partial charge in [-0.25, -0.2) is 8.42 Å². The van der Waals surface area contributed by atoms with Gasteiger partial charge in [0.25, 0.3) is 15.9 Å². The fourth-order valence-corrected chi connectivity index (χ4v) is 5.50. The number of benzene rings is 2. The Morgan fingerprint density at radius 3 is 2.84 bits per heavy atom. The first-order valence-electron chi connectivity index (χ1n) is 7.76. The molecule has 0 aromatic heterocycles. The summed E-state index contributed by atoms with van der Waals surface area (Å²) >= 11 is 6.23. The first kappa shape index (κ1) is 16.2. The second kappa shape index (κ2) is 5.64. The molecule has 0 radical (unpaired) electrons. The van der Waals surface area contributed by atoms with Crippen molar-refractivity contribution in [2.24, 2.45) is 0 Å². The minimum atomic E-state index is -3.87. The van der Waals surface area contributed by atoms with E-state index >= 15 is 0 Å². The number of amides is 1. The summed E-state index contributed by atoms with van der Waals surface area (Å²) < 4.78 is 33.3. The van der Waals surface area contributed by atoms with Gasteiger partial charge in [0.2, 0.25) is 0 Å². The Kier molecular flexibility index (Phi) is 3.66. The molecule has 1 N–H and O–H groups in total. The number of nitrogens with zero attached hydrogens (tertiary/aromatic N) is 1. The zero-order chi connectivity index (χ0) is 17.8. The lowest BCUT2D eigenvalue weighted by Crippen LogP contribution is -2.36. The minimum Gasteiger partial charge on any atom is -0.482 e. The van der Waals surface area contributed by atoms with E-state index in [-0.39, 0.29) is 28.5 Å². The Morgan fingerprint density at radius 1 is 1.28 bits per heavy atom. The molecular weight excluding hydrogens is 364 g/mol. The lowest BCUT2D eigenvalue weighted by atomic mass is 10.1. The molecule has 1 atom stereocenters. The van der Waals surface area contributed by atoms with E-state index in [9.17, 15) is 13.2 Å². The Balaban J connectivity index is 1.83. The van der Waals surface area contributed by atoms with Gasteiger partial charge in [0.15, 0.2) is 6.61 Å². The summed E-state index contributed by atoms with van der Waals surface area (Å²) in [7, 11) is -3.87. The van der Waals surface area contributed by atoms with Gasteiger partial charge in [0.05, 0.1) is 16.4 Å². The van der Waals surface area contributed by atoms with Crippen molar-refractivity contribution in [2.45, 2.75) is 24.3 Å². The van der Waals surface area contributed by atoms with E-state index < -0.39 is 10.0 Å². The number of anilines is 2. The number of carbonyl (C=O) groups is 1. The van der Waals surface area contributed by atoms with Gasteiger partial charge in [-0.05, 0) is 31.0 Å². The SMILES string of the molecule is C[C@@H]1Cc2ccccc2N1S(=O)(=O)c1cc2c(cc1Cl)NC(=O)CO2. The lowest BCUT2D eigenvalue weighted by molar-refractivity contribution is -0.118. The fraction of sp³-hybridized carbons (Fsp3) is 0.235. The zero-order valence-corrected chi connectivity index (χ0v) is 14.9. The Hall–Kier alpha value is -2.25. The normalized spacial score (nSPS) is 19.0. The van der Waals surface area contributed by atoms with Gasteiger partial charge in [-0.15, -0.1) is 0 Å². The fourth-order valence-electron chi connectivity index (χ4n) is 3.29. The van der Waals surface area contributed by atoms with Crippen LogP contribution in [0.5, 0.6) is 5.75 Å². The quantitative estimate of drug-likeness (QED) is 0.871. The second-order valence-electron chi connectivity index (χ2n) is 6.10. The molecule has 2 aromatic carbocycles. The van der Waals surface area contributed by atoms with E-state index in [2.05, 4.69) is 5.32 Å². The second-order valence-corrected chi connectivity index (χ2v) is 8.29. The van der Waals surface area contributed by atoms with Crippen molar-refractivity contribution in [2.75, 3.05) is 16.2 Å². The van der Waals surface area contributed by atoms with Crippen LogP contribution >= 0.6 is 11.6 Å². The van der Waals surface area contributed by atoms with Crippen LogP contribution in [0.1, 0.15) is 12.5 Å². The van der Waals surface area contributed by atoms with Crippen LogP contribution in [0.25, 0.3) is 0 Å². The molecule has 25 heavy (non-hydrogen) atoms. The van der Waals surface area contributed by atoms with Crippen LogP contribution in [0.2, 0.25) is 5.02 Å². The molecule has 8 heteroatoms. The van der Waals surface area contributed by atoms with Gasteiger partial charge in [0, 0.05) is 12.1 Å². The molecule has 2 aliphatic rings. The summed E-state index contributed by atoms with van der Waals surface area (Å²) in [6.07, 6.45) is 0.643. The third kappa shape index (κ3) is 2.54. The van der Waals surface area contributed by atoms with Gasteiger partial charge < -0.3 is 10.1 Å². The summed E-state index contributed by atoms with van der Waals surface area (Å²) in [4.78, 5) is 11.4. The first-order valence-corrected chi connectivity index (χ1v) is 9.58. The van der Waals surface area contributed by atoms with Crippen molar-refractivity contribution >= 4 is 38.9 Å². The molecule has 2 aliphatic heterocycles. The number of nitrogens with one attached hydrogen (secondary N) is 1. The summed E-state index contributed by atoms with van der Waals surface area (Å²) in [6, 6.07) is 9.99. The number of fused-ring (bicyclic) bond motifs is 2. The molecule has 0 unspecified atom stereocenters. The smallest absolute Gasteiger partial charge is 0.266 e. The number of rotatable bonds is 2. The maximum Gasteiger partial charge on any atom is 0.266 e. The Morgan fingerprint density at radius 2 is 2.04 bits per heavy atom. The standard InChI is InChI=1S/C17H15ClN2O4S/c1-10-6-11-4-2-3-5-14(11)20(10)25(22,23)16-8-15-13(7-12(16)18)19-17(21)9-24-15/h2-5,7-8,10H,6,9H2,1H3,(H,19,21)/t10-/m1/s1. The molecule has 0 aliphatic carbocycles. The number of hydrogen-bond acceptors (Lipinski definition) is 4. The van der Waals surface area contributed by atoms with Crippen molar-refractivity contribution in [3.8, 4) is 5.75 Å². The molecule has 4 rings (SSSR count). The van der Waals surface area contributed by atoms with Crippen molar-refractivity contribution < 1.29 is 17.9 Å². The van der Waals surface area contributed by atoms with Gasteiger partial charge in [-0.3, -0.25) is 9.10 Å². The highest BCUT2D eigenvalue weighted by Gasteiger charge is 2.37. The maximum atomic E-state index is 13.3. The Bertz CT molecular complexity index is 990. The summed E-state index contributed by atoms with van der Waals surface area (Å²) in [5.74, 6) is -0.0102. The highest BCUT2D eigenvalue weighted by molar-refractivity contribution is 7.93. The lowest BCUT2D eigenvalue weighted by Gasteiger charge is -2.26. The molecule has 0 saturated heterocycles. The van der Waals surface area contributed by atoms with Crippen LogP contribution < -0.4 is 14.4 Å². The molecule has 130 valence electrons. The number of halogens is 1. The van der Waals surface area contributed by atoms with E-state index in [1.165, 1.54) is 16.4 Å².